The molecule has 0 aliphatic heterocycles. The van der Waals surface area contributed by atoms with Gasteiger partial charge >= 0.3 is 0 Å². The minimum atomic E-state index is -0.584. The van der Waals surface area contributed by atoms with Crippen LogP contribution in [0.5, 0.6) is 0 Å². The van der Waals surface area contributed by atoms with Crippen LogP contribution in [-0.2, 0) is 21.7 Å². The summed E-state index contributed by atoms with van der Waals surface area (Å²) in [6, 6.07) is 32.7. The molecule has 61 heavy (non-hydrogen) atoms. The summed E-state index contributed by atoms with van der Waals surface area (Å²) in [7, 11) is 0. The zero-order valence-electron chi connectivity index (χ0n) is 45.7. The Morgan fingerprint density at radius 2 is 1.07 bits per heavy atom. The lowest BCUT2D eigenvalue weighted by molar-refractivity contribution is 0.569. The molecule has 0 saturated heterocycles. The SMILES string of the molecule is [2H]c1nc(-c2cc(-c3cccc4c3nc(-c3cc(C(C)(C)C)cc(C(C)(C)C)c3)n4-c3ccc(C(C)(C)C)cc3-c3ccccc3)cc(C(C)(C)C)c2)c([2H])c(-c2c([2H])c([2H])c([2H])c([2H])c2[2H])c1[2H]. The van der Waals surface area contributed by atoms with E-state index in [-0.39, 0.29) is 39.1 Å². The second kappa shape index (κ2) is 15.4. The largest absolute Gasteiger partial charge is 0.292 e. The number of imidazole rings is 1. The van der Waals surface area contributed by atoms with Gasteiger partial charge in [0.15, 0.2) is 0 Å². The van der Waals surface area contributed by atoms with Gasteiger partial charge in [-0.15, -0.1) is 0 Å². The first-order valence-electron chi connectivity index (χ1n) is 25.2. The maximum atomic E-state index is 9.55. The average molecular weight is 808 g/mol. The molecule has 0 bridgehead atoms. The molecule has 0 aliphatic carbocycles. The number of hydrogen-bond donors (Lipinski definition) is 0. The fraction of sp³-hybridized carbons (Fsp3) is 0.276. The van der Waals surface area contributed by atoms with Gasteiger partial charge in [0.25, 0.3) is 0 Å². The van der Waals surface area contributed by atoms with E-state index in [2.05, 4.69) is 171 Å². The zero-order chi connectivity index (χ0) is 50.4. The molecule has 3 nitrogen and oxygen atoms in total. The molecule has 0 saturated carbocycles. The second-order valence-corrected chi connectivity index (χ2v) is 20.3. The van der Waals surface area contributed by atoms with Gasteiger partial charge in [-0.3, -0.25) is 9.55 Å². The van der Waals surface area contributed by atoms with Crippen LogP contribution in [0.25, 0.3) is 72.7 Å². The monoisotopic (exact) mass is 808 g/mol. The number of aromatic nitrogens is 3. The molecule has 0 fully saturated rings. The highest BCUT2D eigenvalue weighted by Crippen LogP contribution is 2.43. The van der Waals surface area contributed by atoms with E-state index in [0.717, 1.165) is 55.9 Å². The lowest BCUT2D eigenvalue weighted by Gasteiger charge is -2.26. The van der Waals surface area contributed by atoms with Crippen molar-refractivity contribution in [3.05, 3.63) is 174 Å². The molecule has 3 heteroatoms. The van der Waals surface area contributed by atoms with Crippen LogP contribution < -0.4 is 0 Å². The van der Waals surface area contributed by atoms with Crippen molar-refractivity contribution in [2.45, 2.75) is 105 Å². The summed E-state index contributed by atoms with van der Waals surface area (Å²) in [4.78, 5) is 10.2. The van der Waals surface area contributed by atoms with Gasteiger partial charge in [0.2, 0.25) is 0 Å². The van der Waals surface area contributed by atoms with Crippen molar-refractivity contribution in [1.29, 1.82) is 0 Å². The third kappa shape index (κ3) is 8.49. The van der Waals surface area contributed by atoms with Crippen LogP contribution in [0.15, 0.2) is 152 Å². The Hall–Kier alpha value is -6.06. The van der Waals surface area contributed by atoms with Crippen molar-refractivity contribution in [1.82, 2.24) is 14.5 Å². The summed E-state index contributed by atoms with van der Waals surface area (Å²) in [6.07, 6.45) is -0.477. The fourth-order valence-corrected chi connectivity index (χ4v) is 7.75. The summed E-state index contributed by atoms with van der Waals surface area (Å²) in [5.74, 6) is 0.783. The smallest absolute Gasteiger partial charge is 0.145 e. The van der Waals surface area contributed by atoms with E-state index in [1.54, 1.807) is 0 Å². The number of nitrogens with zero attached hydrogens (tertiary/aromatic N) is 3. The number of hydrogen-bond acceptors (Lipinski definition) is 2. The van der Waals surface area contributed by atoms with Crippen molar-refractivity contribution >= 4 is 11.0 Å². The van der Waals surface area contributed by atoms with Gasteiger partial charge in [-0.05, 0) is 121 Å². The third-order valence-corrected chi connectivity index (χ3v) is 11.5. The van der Waals surface area contributed by atoms with E-state index in [9.17, 15) is 1.37 Å². The first-order valence-corrected chi connectivity index (χ1v) is 21.2. The quantitative estimate of drug-likeness (QED) is 0.168. The van der Waals surface area contributed by atoms with Crippen LogP contribution in [-0.4, -0.2) is 14.5 Å². The minimum absolute atomic E-state index is 0.0590. The van der Waals surface area contributed by atoms with Crippen LogP contribution in [0, 0.1) is 0 Å². The van der Waals surface area contributed by atoms with E-state index in [4.69, 9.17) is 14.6 Å². The van der Waals surface area contributed by atoms with E-state index in [1.807, 2.05) is 24.3 Å². The normalized spacial score (nSPS) is 14.4. The second-order valence-electron chi connectivity index (χ2n) is 20.3. The van der Waals surface area contributed by atoms with Gasteiger partial charge in [0.05, 0.1) is 33.4 Å². The summed E-state index contributed by atoms with van der Waals surface area (Å²) in [5.41, 5.74) is 11.1. The summed E-state index contributed by atoms with van der Waals surface area (Å²) >= 11 is 0. The molecule has 0 unspecified atom stereocenters. The average Bonchev–Trinajstić information content (AvgIpc) is 3.68. The summed E-state index contributed by atoms with van der Waals surface area (Å²) in [5, 5.41) is 0. The van der Waals surface area contributed by atoms with Crippen LogP contribution in [0.2, 0.25) is 0 Å². The number of pyridine rings is 1. The Balaban J connectivity index is 1.48. The van der Waals surface area contributed by atoms with Gasteiger partial charge in [0, 0.05) is 28.4 Å². The van der Waals surface area contributed by atoms with Crippen molar-refractivity contribution in [3.63, 3.8) is 0 Å². The van der Waals surface area contributed by atoms with E-state index >= 15 is 0 Å². The number of fused-ring (bicyclic) bond motifs is 1. The molecular weight excluding hydrogens is 739 g/mol. The Kier molecular flexibility index (Phi) is 8.27. The molecule has 0 amide bonds. The lowest BCUT2D eigenvalue weighted by Crippen LogP contribution is -2.17. The predicted molar refractivity (Wildman–Crippen MR) is 261 cm³/mol. The standard InChI is InChI=1S/C58H61N3/c1-55(2,3)44-26-27-51(49(37-44)39-22-17-14-18-23-39)61-52-25-19-24-48(53(52)60-54(61)43-33-46(57(7,8)9)36-47(34-43)58(10,11)12)41-30-42(32-45(31-41)56(4,5)6)50-35-40(28-29-59-50)38-20-15-13-16-21-38/h13-37H,1-12H3/i13D,15D,16D,20D,21D,28D,29D,35D. The molecule has 2 aromatic heterocycles. The van der Waals surface area contributed by atoms with Crippen LogP contribution >= 0.6 is 0 Å². The fourth-order valence-electron chi connectivity index (χ4n) is 7.75. The van der Waals surface area contributed by atoms with E-state index < -0.39 is 47.8 Å². The number of rotatable bonds is 6. The lowest BCUT2D eigenvalue weighted by atomic mass is 9.79. The maximum Gasteiger partial charge on any atom is 0.145 e. The Morgan fingerprint density at radius 3 is 1.70 bits per heavy atom. The van der Waals surface area contributed by atoms with Crippen molar-refractivity contribution < 1.29 is 11.0 Å². The van der Waals surface area contributed by atoms with Gasteiger partial charge in [-0.25, -0.2) is 4.98 Å². The van der Waals surface area contributed by atoms with Crippen molar-refractivity contribution in [2.75, 3.05) is 0 Å². The molecule has 8 aromatic rings. The minimum Gasteiger partial charge on any atom is -0.292 e. The van der Waals surface area contributed by atoms with E-state index in [0.29, 0.717) is 5.56 Å². The van der Waals surface area contributed by atoms with Crippen LogP contribution in [0.1, 0.15) is 116 Å². The van der Waals surface area contributed by atoms with Gasteiger partial charge in [-0.2, -0.15) is 0 Å². The Morgan fingerprint density at radius 1 is 0.459 bits per heavy atom. The molecule has 6 aromatic carbocycles. The van der Waals surface area contributed by atoms with Gasteiger partial charge in [-0.1, -0.05) is 174 Å². The molecule has 0 N–H and O–H groups in total. The highest BCUT2D eigenvalue weighted by Gasteiger charge is 2.27. The molecule has 308 valence electrons. The first kappa shape index (κ1) is 32.7. The maximum absolute atomic E-state index is 9.55. The first-order chi connectivity index (χ1) is 32.1. The van der Waals surface area contributed by atoms with Gasteiger partial charge < -0.3 is 0 Å². The molecule has 0 spiro atoms. The summed E-state index contributed by atoms with van der Waals surface area (Å²) < 4.78 is 72.0. The molecule has 0 aliphatic rings. The van der Waals surface area contributed by atoms with Crippen molar-refractivity contribution in [3.8, 4) is 61.7 Å². The highest BCUT2D eigenvalue weighted by molar-refractivity contribution is 5.97. The molecule has 0 radical (unpaired) electrons. The Bertz CT molecular complexity index is 3280. The third-order valence-electron chi connectivity index (χ3n) is 11.5. The number of para-hydroxylation sites is 1. The number of benzene rings is 6. The van der Waals surface area contributed by atoms with Crippen LogP contribution in [0.3, 0.4) is 0 Å². The van der Waals surface area contributed by atoms with Crippen molar-refractivity contribution in [2.24, 2.45) is 0 Å². The highest BCUT2D eigenvalue weighted by atomic mass is 15.1. The zero-order valence-corrected chi connectivity index (χ0v) is 37.7. The van der Waals surface area contributed by atoms with Crippen LogP contribution in [0.4, 0.5) is 0 Å². The Labute approximate surface area is 375 Å². The van der Waals surface area contributed by atoms with Gasteiger partial charge in [0.1, 0.15) is 5.82 Å². The predicted octanol–water partition coefficient (Wildman–Crippen LogP) is 15.9. The molecular formula is C58H61N3. The molecule has 8 rings (SSSR count). The molecule has 2 heterocycles. The molecule has 0 atom stereocenters. The summed E-state index contributed by atoms with van der Waals surface area (Å²) in [6.45, 7) is 26.4. The topological polar surface area (TPSA) is 30.7 Å². The van der Waals surface area contributed by atoms with E-state index in [1.165, 1.54) is 16.7 Å².